The third kappa shape index (κ3) is 4.51. The number of benzene rings is 1. The van der Waals surface area contributed by atoms with E-state index in [-0.39, 0.29) is 11.8 Å². The van der Waals surface area contributed by atoms with Crippen molar-refractivity contribution in [2.24, 2.45) is 0 Å². The van der Waals surface area contributed by atoms with Crippen molar-refractivity contribution in [3.63, 3.8) is 0 Å². The Kier molecular flexibility index (Phi) is 5.37. The summed E-state index contributed by atoms with van der Waals surface area (Å²) in [5.41, 5.74) is 3.93. The van der Waals surface area contributed by atoms with Gasteiger partial charge in [0.2, 0.25) is 5.95 Å². The molecule has 2 aromatic heterocycles. The number of aryl methyl sites for hydroxylation is 1. The maximum absolute atomic E-state index is 13.3. The molecular formula is C21H20FN3O. The molecule has 0 aliphatic rings. The van der Waals surface area contributed by atoms with Gasteiger partial charge in [0.05, 0.1) is 5.56 Å². The fourth-order valence-electron chi connectivity index (χ4n) is 2.80. The van der Waals surface area contributed by atoms with E-state index in [0.29, 0.717) is 23.4 Å². The predicted octanol–water partition coefficient (Wildman–Crippen LogP) is 4.52. The fraction of sp³-hybridized carbons (Fsp3) is 0.190. The molecule has 0 aliphatic heterocycles. The van der Waals surface area contributed by atoms with E-state index in [9.17, 15) is 9.18 Å². The first-order chi connectivity index (χ1) is 12.5. The fourth-order valence-corrected chi connectivity index (χ4v) is 2.80. The third-order valence-electron chi connectivity index (χ3n) is 4.14. The van der Waals surface area contributed by atoms with E-state index < -0.39 is 5.95 Å². The number of hydrogen-bond donors (Lipinski definition) is 1. The molecule has 0 saturated heterocycles. The molecule has 0 aliphatic carbocycles. The summed E-state index contributed by atoms with van der Waals surface area (Å²) in [6, 6.07) is 14.3. The topological polar surface area (TPSA) is 54.9 Å². The zero-order valence-electron chi connectivity index (χ0n) is 14.7. The second kappa shape index (κ2) is 7.87. The van der Waals surface area contributed by atoms with Crippen LogP contribution in [-0.4, -0.2) is 15.9 Å². The minimum Gasteiger partial charge on any atom is -0.322 e. The van der Waals surface area contributed by atoms with Gasteiger partial charge in [0.25, 0.3) is 5.91 Å². The number of carbonyl (C=O) groups excluding carboxylic acids is 1. The first kappa shape index (κ1) is 17.7. The van der Waals surface area contributed by atoms with Crippen molar-refractivity contribution in [1.82, 2.24) is 9.97 Å². The van der Waals surface area contributed by atoms with Crippen LogP contribution in [0.15, 0.2) is 60.9 Å². The lowest BCUT2D eigenvalue weighted by Gasteiger charge is -2.13. The number of carbonyl (C=O) groups is 1. The zero-order valence-corrected chi connectivity index (χ0v) is 14.7. The minimum absolute atomic E-state index is 0.141. The number of rotatable bonds is 5. The van der Waals surface area contributed by atoms with Crippen LogP contribution in [0.3, 0.4) is 0 Å². The maximum atomic E-state index is 13.3. The second-order valence-electron chi connectivity index (χ2n) is 6.39. The van der Waals surface area contributed by atoms with Gasteiger partial charge in [0, 0.05) is 23.8 Å². The number of nitrogens with one attached hydrogen (secondary N) is 1. The predicted molar refractivity (Wildman–Crippen MR) is 99.7 cm³/mol. The Labute approximate surface area is 152 Å². The van der Waals surface area contributed by atoms with Crippen LogP contribution in [0.4, 0.5) is 10.1 Å². The van der Waals surface area contributed by atoms with Gasteiger partial charge in [-0.25, -0.2) is 4.98 Å². The average molecular weight is 349 g/mol. The Morgan fingerprint density at radius 3 is 2.73 bits per heavy atom. The molecule has 26 heavy (non-hydrogen) atoms. The summed E-state index contributed by atoms with van der Waals surface area (Å²) in [4.78, 5) is 20.3. The molecule has 0 bridgehead atoms. The van der Waals surface area contributed by atoms with E-state index in [1.54, 1.807) is 24.5 Å². The van der Waals surface area contributed by atoms with Crippen LogP contribution in [0.5, 0.6) is 0 Å². The van der Waals surface area contributed by atoms with Gasteiger partial charge in [0.15, 0.2) is 0 Å². The number of aromatic nitrogens is 2. The molecule has 5 heteroatoms. The Hall–Kier alpha value is -3.08. The standard InChI is InChI=1S/C21H20FN3O/c1-14-9-17(13-23-12-14)21(26)25-19-6-3-5-16(11-19)15(2)10-18-7-4-8-20(22)24-18/h3-9,11-13,15H,10H2,1-2H3,(H,25,26)/t15-/m1/s1. The molecule has 1 N–H and O–H groups in total. The smallest absolute Gasteiger partial charge is 0.257 e. The van der Waals surface area contributed by atoms with Crippen molar-refractivity contribution in [3.05, 3.63) is 89.3 Å². The Balaban J connectivity index is 1.72. The van der Waals surface area contributed by atoms with Gasteiger partial charge in [-0.15, -0.1) is 0 Å². The molecule has 4 nitrogen and oxygen atoms in total. The summed E-state index contributed by atoms with van der Waals surface area (Å²) >= 11 is 0. The first-order valence-electron chi connectivity index (χ1n) is 8.45. The second-order valence-corrected chi connectivity index (χ2v) is 6.39. The Bertz CT molecular complexity index is 926. The van der Waals surface area contributed by atoms with Crippen LogP contribution >= 0.6 is 0 Å². The minimum atomic E-state index is -0.470. The van der Waals surface area contributed by atoms with E-state index in [1.165, 1.54) is 6.07 Å². The molecular weight excluding hydrogens is 329 g/mol. The quantitative estimate of drug-likeness (QED) is 0.689. The summed E-state index contributed by atoms with van der Waals surface area (Å²) < 4.78 is 13.3. The molecule has 1 aromatic carbocycles. The van der Waals surface area contributed by atoms with Gasteiger partial charge in [-0.2, -0.15) is 4.39 Å². The number of anilines is 1. The Morgan fingerprint density at radius 2 is 1.96 bits per heavy atom. The molecule has 3 aromatic rings. The van der Waals surface area contributed by atoms with Crippen molar-refractivity contribution in [2.45, 2.75) is 26.2 Å². The largest absolute Gasteiger partial charge is 0.322 e. The SMILES string of the molecule is Cc1cncc(C(=O)Nc2cccc([C@H](C)Cc3cccc(F)n3)c2)c1. The van der Waals surface area contributed by atoms with E-state index in [2.05, 4.69) is 22.2 Å². The monoisotopic (exact) mass is 349 g/mol. The lowest BCUT2D eigenvalue weighted by atomic mass is 9.95. The molecule has 1 atom stereocenters. The van der Waals surface area contributed by atoms with E-state index in [1.807, 2.05) is 37.3 Å². The number of amides is 1. The zero-order chi connectivity index (χ0) is 18.5. The van der Waals surface area contributed by atoms with Gasteiger partial charge < -0.3 is 5.32 Å². The van der Waals surface area contributed by atoms with Crippen molar-refractivity contribution in [1.29, 1.82) is 0 Å². The van der Waals surface area contributed by atoms with Gasteiger partial charge in [-0.3, -0.25) is 9.78 Å². The summed E-state index contributed by atoms with van der Waals surface area (Å²) in [6.45, 7) is 3.95. The van der Waals surface area contributed by atoms with Gasteiger partial charge in [-0.05, 0) is 60.7 Å². The van der Waals surface area contributed by atoms with Crippen LogP contribution in [0, 0.1) is 12.9 Å². The Morgan fingerprint density at radius 1 is 1.15 bits per heavy atom. The van der Waals surface area contributed by atoms with Crippen LogP contribution in [0.1, 0.15) is 40.0 Å². The van der Waals surface area contributed by atoms with Gasteiger partial charge in [0.1, 0.15) is 0 Å². The van der Waals surface area contributed by atoms with E-state index in [4.69, 9.17) is 0 Å². The number of pyridine rings is 2. The summed E-state index contributed by atoms with van der Waals surface area (Å²) in [7, 11) is 0. The molecule has 0 spiro atoms. The van der Waals surface area contributed by atoms with Gasteiger partial charge in [-0.1, -0.05) is 25.1 Å². The molecule has 0 radical (unpaired) electrons. The number of nitrogens with zero attached hydrogens (tertiary/aromatic N) is 2. The molecule has 0 fully saturated rings. The summed E-state index contributed by atoms with van der Waals surface area (Å²) in [5, 5.41) is 2.90. The summed E-state index contributed by atoms with van der Waals surface area (Å²) in [5.74, 6) is -0.526. The van der Waals surface area contributed by atoms with Crippen LogP contribution in [0.25, 0.3) is 0 Å². The highest BCUT2D eigenvalue weighted by atomic mass is 19.1. The molecule has 1 amide bonds. The molecule has 132 valence electrons. The highest BCUT2D eigenvalue weighted by Gasteiger charge is 2.11. The molecule has 3 rings (SSSR count). The van der Waals surface area contributed by atoms with E-state index in [0.717, 1.165) is 11.1 Å². The van der Waals surface area contributed by atoms with Crippen molar-refractivity contribution < 1.29 is 9.18 Å². The van der Waals surface area contributed by atoms with Gasteiger partial charge >= 0.3 is 0 Å². The number of hydrogen-bond acceptors (Lipinski definition) is 3. The van der Waals surface area contributed by atoms with E-state index >= 15 is 0 Å². The first-order valence-corrected chi connectivity index (χ1v) is 8.45. The highest BCUT2D eigenvalue weighted by molar-refractivity contribution is 6.04. The van der Waals surface area contributed by atoms with Crippen molar-refractivity contribution >= 4 is 11.6 Å². The van der Waals surface area contributed by atoms with Crippen LogP contribution in [0.2, 0.25) is 0 Å². The highest BCUT2D eigenvalue weighted by Crippen LogP contribution is 2.23. The van der Waals surface area contributed by atoms with Crippen molar-refractivity contribution in [3.8, 4) is 0 Å². The summed E-state index contributed by atoms with van der Waals surface area (Å²) in [6.07, 6.45) is 3.88. The maximum Gasteiger partial charge on any atom is 0.257 e. The number of halogens is 1. The van der Waals surface area contributed by atoms with Crippen LogP contribution in [-0.2, 0) is 6.42 Å². The lowest BCUT2D eigenvalue weighted by Crippen LogP contribution is -2.12. The normalized spacial score (nSPS) is 11.8. The average Bonchev–Trinajstić information content (AvgIpc) is 2.62. The molecule has 2 heterocycles. The lowest BCUT2D eigenvalue weighted by molar-refractivity contribution is 0.102. The molecule has 0 unspecified atom stereocenters. The molecule has 0 saturated carbocycles. The van der Waals surface area contributed by atoms with Crippen molar-refractivity contribution in [2.75, 3.05) is 5.32 Å². The van der Waals surface area contributed by atoms with Crippen LogP contribution < -0.4 is 5.32 Å². The third-order valence-corrected chi connectivity index (χ3v) is 4.14.